The first-order valence-electron chi connectivity index (χ1n) is 2.73. The van der Waals surface area contributed by atoms with Gasteiger partial charge in [0, 0.05) is 5.33 Å². The molecule has 1 saturated carbocycles. The lowest BCUT2D eigenvalue weighted by molar-refractivity contribution is 1.45. The van der Waals surface area contributed by atoms with Crippen molar-refractivity contribution >= 4 is 24.5 Å². The molecule has 0 aromatic rings. The lowest BCUT2D eigenvalue weighted by atomic mass is 10.9. The summed E-state index contributed by atoms with van der Waals surface area (Å²) in [4.78, 5) is 0. The van der Waals surface area contributed by atoms with Gasteiger partial charge in [-0.3, -0.25) is 0 Å². The summed E-state index contributed by atoms with van der Waals surface area (Å²) < 4.78 is 0. The van der Waals surface area contributed by atoms with Crippen LogP contribution in [0.3, 0.4) is 0 Å². The second-order valence-corrected chi connectivity index (χ2v) is 4.44. The maximum Gasteiger partial charge on any atom is 0.00683 e. The van der Waals surface area contributed by atoms with E-state index in [4.69, 9.17) is 0 Å². The van der Waals surface area contributed by atoms with Gasteiger partial charge in [0.1, 0.15) is 0 Å². The van der Waals surface area contributed by atoms with Crippen LogP contribution in [0.5, 0.6) is 0 Å². The van der Waals surface area contributed by atoms with Gasteiger partial charge in [-0.15, -0.1) is 8.58 Å². The third kappa shape index (κ3) is 2.66. The predicted molar refractivity (Wildman–Crippen MR) is 40.0 cm³/mol. The summed E-state index contributed by atoms with van der Waals surface area (Å²) in [5.41, 5.74) is 1.15. The Balaban J connectivity index is 1.80. The fraction of sp³-hybridized carbons (Fsp3) is 1.00. The van der Waals surface area contributed by atoms with Gasteiger partial charge in [0.2, 0.25) is 0 Å². The lowest BCUT2D eigenvalue weighted by Crippen LogP contribution is -1.75. The first-order chi connectivity index (χ1) is 3.43. The molecule has 0 N–H and O–H groups in total. The molecule has 0 aromatic heterocycles. The zero-order valence-electron chi connectivity index (χ0n) is 4.28. The number of halogens is 1. The molecule has 1 fully saturated rings. The summed E-state index contributed by atoms with van der Waals surface area (Å²) in [7, 11) is 1.25. The highest BCUT2D eigenvalue weighted by Gasteiger charge is 2.19. The van der Waals surface area contributed by atoms with Gasteiger partial charge in [0.25, 0.3) is 0 Å². The van der Waals surface area contributed by atoms with Crippen molar-refractivity contribution in [2.45, 2.75) is 18.5 Å². The van der Waals surface area contributed by atoms with Crippen LogP contribution in [0.25, 0.3) is 0 Å². The molecule has 0 spiro atoms. The van der Waals surface area contributed by atoms with Crippen LogP contribution in [0, 0.1) is 0 Å². The lowest BCUT2D eigenvalue weighted by Gasteiger charge is -1.88. The van der Waals surface area contributed by atoms with E-state index in [2.05, 4.69) is 15.9 Å². The topological polar surface area (TPSA) is 0 Å². The Morgan fingerprint density at radius 2 is 2.29 bits per heavy atom. The van der Waals surface area contributed by atoms with Gasteiger partial charge < -0.3 is 0 Å². The van der Waals surface area contributed by atoms with Crippen LogP contribution in [-0.4, -0.2) is 17.2 Å². The molecule has 1 rings (SSSR count). The molecule has 1 aliphatic carbocycles. The van der Waals surface area contributed by atoms with Crippen molar-refractivity contribution < 1.29 is 0 Å². The van der Waals surface area contributed by atoms with Crippen molar-refractivity contribution in [1.82, 2.24) is 0 Å². The molecule has 0 bridgehead atoms. The van der Waals surface area contributed by atoms with Gasteiger partial charge in [-0.25, -0.2) is 0 Å². The van der Waals surface area contributed by atoms with Crippen LogP contribution in [-0.2, 0) is 0 Å². The Kier molecular flexibility index (Phi) is 2.62. The summed E-state index contributed by atoms with van der Waals surface area (Å²) in [6, 6.07) is 0. The van der Waals surface area contributed by atoms with Crippen molar-refractivity contribution in [1.29, 1.82) is 0 Å². The highest BCUT2D eigenvalue weighted by Crippen LogP contribution is 2.38. The van der Waals surface area contributed by atoms with E-state index < -0.39 is 0 Å². The summed E-state index contributed by atoms with van der Waals surface area (Å²) in [5.74, 6) is 0. The Labute approximate surface area is 55.0 Å². The third-order valence-corrected chi connectivity index (χ3v) is 3.93. The zero-order valence-corrected chi connectivity index (χ0v) is 6.87. The molecule has 0 nitrogen and oxygen atoms in total. The summed E-state index contributed by atoms with van der Waals surface area (Å²) in [6.07, 6.45) is 4.45. The van der Waals surface area contributed by atoms with Gasteiger partial charge in [0.15, 0.2) is 0 Å². The molecule has 0 saturated heterocycles. The maximum absolute atomic E-state index is 3.41. The molecule has 0 aromatic carbocycles. The molecule has 2 heteroatoms. The summed E-state index contributed by atoms with van der Waals surface area (Å²) in [5, 5.41) is 1.21. The highest BCUT2D eigenvalue weighted by molar-refractivity contribution is 9.09. The van der Waals surface area contributed by atoms with Crippen LogP contribution < -0.4 is 0 Å². The molecule has 0 heterocycles. The highest BCUT2D eigenvalue weighted by atomic mass is 79.9. The summed E-state index contributed by atoms with van der Waals surface area (Å²) >= 11 is 3.41. The standard InChI is InChI=1S/C5H10BrP/c6-3-4-7-5-1-2-5/h5,7H,1-4H2. The van der Waals surface area contributed by atoms with E-state index in [9.17, 15) is 0 Å². The average Bonchev–Trinajstić information content (AvgIpc) is 2.42. The molecular formula is C5H10BrP. The monoisotopic (exact) mass is 180 g/mol. The quantitative estimate of drug-likeness (QED) is 0.462. The van der Waals surface area contributed by atoms with Crippen molar-refractivity contribution in [3.05, 3.63) is 0 Å². The Morgan fingerprint density at radius 3 is 2.71 bits per heavy atom. The number of hydrogen-bond acceptors (Lipinski definition) is 0. The molecule has 0 aliphatic heterocycles. The van der Waals surface area contributed by atoms with E-state index in [-0.39, 0.29) is 0 Å². The number of hydrogen-bond donors (Lipinski definition) is 0. The van der Waals surface area contributed by atoms with Crippen LogP contribution in [0.1, 0.15) is 12.8 Å². The normalized spacial score (nSPS) is 21.9. The smallest absolute Gasteiger partial charge is 0.00683 e. The molecule has 1 unspecified atom stereocenters. The van der Waals surface area contributed by atoms with Crippen LogP contribution in [0.2, 0.25) is 0 Å². The van der Waals surface area contributed by atoms with E-state index in [1.807, 2.05) is 0 Å². The van der Waals surface area contributed by atoms with Crippen LogP contribution in [0.15, 0.2) is 0 Å². The molecule has 0 amide bonds. The minimum absolute atomic E-state index is 1.15. The van der Waals surface area contributed by atoms with E-state index in [0.717, 1.165) is 5.66 Å². The SMILES string of the molecule is BrCCPC1CC1. The Hall–Kier alpha value is 0.910. The van der Waals surface area contributed by atoms with Crippen molar-refractivity contribution in [3.8, 4) is 0 Å². The van der Waals surface area contributed by atoms with E-state index >= 15 is 0 Å². The van der Waals surface area contributed by atoms with Gasteiger partial charge in [0.05, 0.1) is 0 Å². The van der Waals surface area contributed by atoms with E-state index in [0.29, 0.717) is 0 Å². The molecule has 42 valence electrons. The summed E-state index contributed by atoms with van der Waals surface area (Å²) in [6.45, 7) is 0. The number of alkyl halides is 1. The second-order valence-electron chi connectivity index (χ2n) is 1.92. The molecule has 0 radical (unpaired) electrons. The number of rotatable bonds is 3. The fourth-order valence-electron chi connectivity index (χ4n) is 0.546. The van der Waals surface area contributed by atoms with Gasteiger partial charge in [-0.2, -0.15) is 0 Å². The maximum atomic E-state index is 3.41. The second kappa shape index (κ2) is 3.04. The van der Waals surface area contributed by atoms with Crippen molar-refractivity contribution in [3.63, 3.8) is 0 Å². The van der Waals surface area contributed by atoms with Gasteiger partial charge >= 0.3 is 0 Å². The first-order valence-corrected chi connectivity index (χ1v) is 5.13. The molecule has 1 aliphatic rings. The van der Waals surface area contributed by atoms with E-state index in [1.54, 1.807) is 0 Å². The average molecular weight is 181 g/mol. The minimum Gasteiger partial charge on any atom is -0.118 e. The Morgan fingerprint density at radius 1 is 1.57 bits per heavy atom. The third-order valence-electron chi connectivity index (χ3n) is 1.10. The van der Waals surface area contributed by atoms with Crippen molar-refractivity contribution in [2.24, 2.45) is 0 Å². The van der Waals surface area contributed by atoms with Crippen molar-refractivity contribution in [2.75, 3.05) is 11.5 Å². The first kappa shape index (κ1) is 6.04. The van der Waals surface area contributed by atoms with Crippen LogP contribution >= 0.6 is 24.5 Å². The largest absolute Gasteiger partial charge is 0.118 e. The van der Waals surface area contributed by atoms with Gasteiger partial charge in [-0.05, 0) is 24.7 Å². The molecule has 1 atom stereocenters. The zero-order chi connectivity index (χ0) is 5.11. The fourth-order valence-corrected chi connectivity index (χ4v) is 2.33. The molecule has 7 heavy (non-hydrogen) atoms. The Bertz CT molecular complexity index is 52.0. The van der Waals surface area contributed by atoms with E-state index in [1.165, 1.54) is 32.9 Å². The molecular weight excluding hydrogens is 171 g/mol. The minimum atomic E-state index is 1.15. The van der Waals surface area contributed by atoms with Gasteiger partial charge in [-0.1, -0.05) is 15.9 Å². The van der Waals surface area contributed by atoms with Crippen LogP contribution in [0.4, 0.5) is 0 Å². The predicted octanol–water partition coefficient (Wildman–Crippen LogP) is 2.22.